The Labute approximate surface area is 208 Å². The fraction of sp³-hybridized carbons (Fsp3) is 0.292. The normalized spacial score (nSPS) is 17.5. The maximum atomic E-state index is 13.1. The number of aliphatic carboxylic acids is 1. The van der Waals surface area contributed by atoms with Crippen molar-refractivity contribution in [1.82, 2.24) is 10.2 Å². The average Bonchev–Trinajstić information content (AvgIpc) is 3.33. The van der Waals surface area contributed by atoms with Crippen LogP contribution in [0.4, 0.5) is 30.6 Å². The first-order valence-corrected chi connectivity index (χ1v) is 11.1. The Bertz CT molecular complexity index is 1330. The molecule has 0 bridgehead atoms. The smallest absolute Gasteiger partial charge is 0.417 e. The molecule has 1 heterocycles. The van der Waals surface area contributed by atoms with Gasteiger partial charge in [0.05, 0.1) is 29.2 Å². The van der Waals surface area contributed by atoms with Gasteiger partial charge in [-0.1, -0.05) is 5.10 Å². The van der Waals surface area contributed by atoms with Crippen LogP contribution in [0.5, 0.6) is 5.75 Å². The van der Waals surface area contributed by atoms with Gasteiger partial charge in [0.1, 0.15) is 5.75 Å². The third kappa shape index (κ3) is 6.35. The monoisotopic (exact) mass is 515 g/mol. The first-order chi connectivity index (χ1) is 17.6. The van der Waals surface area contributed by atoms with Crippen molar-refractivity contribution in [2.45, 2.75) is 38.0 Å². The lowest BCUT2D eigenvalue weighted by Crippen LogP contribution is -2.27. The van der Waals surface area contributed by atoms with E-state index in [4.69, 9.17) is 19.5 Å². The van der Waals surface area contributed by atoms with E-state index in [0.29, 0.717) is 37.1 Å². The van der Waals surface area contributed by atoms with Gasteiger partial charge in [-0.15, -0.1) is 5.10 Å². The van der Waals surface area contributed by atoms with Crippen molar-refractivity contribution in [3.05, 3.63) is 59.5 Å². The van der Waals surface area contributed by atoms with Crippen molar-refractivity contribution in [1.29, 1.82) is 5.26 Å². The molecule has 192 valence electrons. The number of alkyl halides is 3. The minimum absolute atomic E-state index is 0.0611. The summed E-state index contributed by atoms with van der Waals surface area (Å²) < 4.78 is 50.5. The summed E-state index contributed by atoms with van der Waals surface area (Å²) in [5, 5.41) is 30.2. The highest BCUT2D eigenvalue weighted by molar-refractivity contribution is 6.00. The summed E-state index contributed by atoms with van der Waals surface area (Å²) >= 11 is 0. The van der Waals surface area contributed by atoms with Crippen molar-refractivity contribution >= 4 is 29.3 Å². The molecule has 1 aliphatic rings. The Balaban J connectivity index is 1.33. The Hall–Kier alpha value is -4.60. The van der Waals surface area contributed by atoms with Crippen molar-refractivity contribution in [2.75, 3.05) is 10.6 Å². The Kier molecular flexibility index (Phi) is 7.28. The van der Waals surface area contributed by atoms with Crippen LogP contribution in [-0.4, -0.2) is 33.3 Å². The lowest BCUT2D eigenvalue weighted by molar-refractivity contribution is -0.143. The molecule has 0 atom stereocenters. The zero-order chi connectivity index (χ0) is 26.6. The van der Waals surface area contributed by atoms with E-state index in [1.807, 2.05) is 0 Å². The summed E-state index contributed by atoms with van der Waals surface area (Å²) in [6, 6.07) is 10.6. The third-order valence-electron chi connectivity index (χ3n) is 5.75. The van der Waals surface area contributed by atoms with Gasteiger partial charge in [-0.25, -0.2) is 0 Å². The maximum absolute atomic E-state index is 13.1. The molecule has 1 aliphatic carbocycles. The summed E-state index contributed by atoms with van der Waals surface area (Å²) in [6.07, 6.45) is -2.41. The number of rotatable bonds is 7. The molecule has 1 saturated carbocycles. The molecule has 1 fully saturated rings. The molecule has 0 radical (unpaired) electrons. The zero-order valence-corrected chi connectivity index (χ0v) is 19.1. The fourth-order valence-electron chi connectivity index (χ4n) is 3.86. The summed E-state index contributed by atoms with van der Waals surface area (Å²) in [5.74, 6) is -1.71. The quantitative estimate of drug-likeness (QED) is 0.396. The number of hydrogen-bond acceptors (Lipinski definition) is 8. The first-order valence-electron chi connectivity index (χ1n) is 11.1. The van der Waals surface area contributed by atoms with Gasteiger partial charge in [-0.3, -0.25) is 9.59 Å². The number of carbonyl (C=O) groups excluding carboxylic acids is 1. The van der Waals surface area contributed by atoms with Crippen molar-refractivity contribution < 1.29 is 37.0 Å². The molecule has 2 aromatic carbocycles. The number of nitrogens with one attached hydrogen (secondary N) is 2. The van der Waals surface area contributed by atoms with E-state index in [2.05, 4.69) is 20.8 Å². The Morgan fingerprint density at radius 3 is 2.35 bits per heavy atom. The van der Waals surface area contributed by atoms with Gasteiger partial charge in [0.25, 0.3) is 0 Å². The molecular weight excluding hydrogens is 495 g/mol. The second-order valence-electron chi connectivity index (χ2n) is 8.32. The van der Waals surface area contributed by atoms with Gasteiger partial charge in [0.2, 0.25) is 0 Å². The number of anilines is 3. The molecule has 3 N–H and O–H groups in total. The lowest BCUT2D eigenvalue weighted by atomic mass is 9.87. The van der Waals surface area contributed by atoms with E-state index in [9.17, 15) is 22.8 Å². The molecule has 1 amide bonds. The minimum Gasteiger partial charge on any atom is -0.490 e. The van der Waals surface area contributed by atoms with E-state index in [0.717, 1.165) is 12.1 Å². The van der Waals surface area contributed by atoms with Crippen LogP contribution in [0.1, 0.15) is 47.5 Å². The van der Waals surface area contributed by atoms with Crippen LogP contribution in [0.2, 0.25) is 0 Å². The van der Waals surface area contributed by atoms with Crippen LogP contribution in [0.3, 0.4) is 0 Å². The van der Waals surface area contributed by atoms with E-state index in [1.165, 1.54) is 12.1 Å². The molecule has 37 heavy (non-hydrogen) atoms. The second-order valence-corrected chi connectivity index (χ2v) is 8.32. The van der Waals surface area contributed by atoms with E-state index < -0.39 is 35.1 Å². The summed E-state index contributed by atoms with van der Waals surface area (Å²) in [6.45, 7) is 0. The van der Waals surface area contributed by atoms with Crippen molar-refractivity contribution in [2.24, 2.45) is 5.92 Å². The Morgan fingerprint density at radius 1 is 1.05 bits per heavy atom. The minimum atomic E-state index is -4.73. The van der Waals surface area contributed by atoms with Gasteiger partial charge in [-0.05, 0) is 68.1 Å². The van der Waals surface area contributed by atoms with Gasteiger partial charge >= 0.3 is 30.0 Å². The van der Waals surface area contributed by atoms with Crippen LogP contribution >= 0.6 is 0 Å². The van der Waals surface area contributed by atoms with Crippen LogP contribution in [-0.2, 0) is 11.0 Å². The maximum Gasteiger partial charge on any atom is 0.417 e. The number of amides is 1. The van der Waals surface area contributed by atoms with Crippen LogP contribution in [0.25, 0.3) is 0 Å². The van der Waals surface area contributed by atoms with Crippen molar-refractivity contribution in [3.8, 4) is 11.8 Å². The first kappa shape index (κ1) is 25.5. The lowest BCUT2D eigenvalue weighted by Gasteiger charge is -2.26. The average molecular weight is 515 g/mol. The largest absolute Gasteiger partial charge is 0.490 e. The molecule has 0 spiro atoms. The summed E-state index contributed by atoms with van der Waals surface area (Å²) in [5.41, 5.74) is -1.32. The highest BCUT2D eigenvalue weighted by Crippen LogP contribution is 2.34. The molecule has 0 unspecified atom stereocenters. The van der Waals surface area contributed by atoms with E-state index >= 15 is 0 Å². The van der Waals surface area contributed by atoms with Gasteiger partial charge in [-0.2, -0.15) is 18.4 Å². The third-order valence-corrected chi connectivity index (χ3v) is 5.75. The number of carbonyl (C=O) groups is 2. The zero-order valence-electron chi connectivity index (χ0n) is 19.1. The standard InChI is InChI=1S/C24H20F3N5O5/c25-24(26,27)19-11-16(4-1-14(19)12-28)30-23-32-31-21(37-23)20(33)29-15-5-9-18(10-6-15)36-17-7-2-13(3-8-17)22(34)35/h1,4-6,9-11,13,17H,2-3,7-8H2,(H,29,33)(H,30,32)(H,34,35)/t13-,17+. The Morgan fingerprint density at radius 2 is 1.73 bits per heavy atom. The van der Waals surface area contributed by atoms with Crippen molar-refractivity contribution in [3.63, 3.8) is 0 Å². The molecular formula is C24H20F3N5O5. The van der Waals surface area contributed by atoms with Crippen LogP contribution in [0, 0.1) is 17.2 Å². The van der Waals surface area contributed by atoms with E-state index in [-0.39, 0.29) is 23.7 Å². The molecule has 0 saturated heterocycles. The highest BCUT2D eigenvalue weighted by Gasteiger charge is 2.34. The number of carboxylic acid groups (broad SMARTS) is 1. The second kappa shape index (κ2) is 10.6. The van der Waals surface area contributed by atoms with Crippen LogP contribution < -0.4 is 15.4 Å². The fourth-order valence-corrected chi connectivity index (χ4v) is 3.86. The number of aromatic nitrogens is 2. The molecule has 1 aromatic heterocycles. The number of benzene rings is 2. The molecule has 4 rings (SSSR count). The van der Waals surface area contributed by atoms with Gasteiger partial charge in [0, 0.05) is 11.4 Å². The predicted octanol–water partition coefficient (Wildman–Crippen LogP) is 4.98. The molecule has 3 aromatic rings. The molecule has 13 heteroatoms. The van der Waals surface area contributed by atoms with Gasteiger partial charge < -0.3 is 24.9 Å². The summed E-state index contributed by atoms with van der Waals surface area (Å²) in [4.78, 5) is 23.5. The number of ether oxygens (including phenoxy) is 1. The highest BCUT2D eigenvalue weighted by atomic mass is 19.4. The number of halogens is 3. The molecule has 10 nitrogen and oxygen atoms in total. The van der Waals surface area contributed by atoms with Crippen LogP contribution in [0.15, 0.2) is 46.9 Å². The number of hydrogen-bond donors (Lipinski definition) is 3. The number of nitrogens with zero attached hydrogens (tertiary/aromatic N) is 3. The topological polar surface area (TPSA) is 150 Å². The molecule has 0 aliphatic heterocycles. The predicted molar refractivity (Wildman–Crippen MR) is 122 cm³/mol. The number of carboxylic acids is 1. The SMILES string of the molecule is N#Cc1ccc(Nc2nnc(C(=O)Nc3ccc(O[C@H]4CC[C@@H](C(=O)O)CC4)cc3)o2)cc1C(F)(F)F. The number of nitriles is 1. The van der Waals surface area contributed by atoms with E-state index in [1.54, 1.807) is 24.3 Å². The summed E-state index contributed by atoms with van der Waals surface area (Å²) in [7, 11) is 0. The van der Waals surface area contributed by atoms with Gasteiger partial charge in [0.15, 0.2) is 0 Å².